The highest BCUT2D eigenvalue weighted by atomic mass is 16.5. The fourth-order valence-corrected chi connectivity index (χ4v) is 1.69. The van der Waals surface area contributed by atoms with Gasteiger partial charge in [-0.25, -0.2) is 0 Å². The van der Waals surface area contributed by atoms with Gasteiger partial charge in [-0.05, 0) is 32.4 Å². The quantitative estimate of drug-likeness (QED) is 0.755. The molecule has 0 fully saturated rings. The fourth-order valence-electron chi connectivity index (χ4n) is 1.69. The van der Waals surface area contributed by atoms with Crippen LogP contribution < -0.4 is 10.1 Å². The van der Waals surface area contributed by atoms with Gasteiger partial charge in [0.25, 0.3) is 0 Å². The standard InChI is InChI=1S/C16H28N2O2/c1-13(2)10-18-12-14-11-17-8-6-15(14)20-9-7-16(3,4)19-5/h6,8,11,13,18H,7,9-10,12H2,1-5H3. The molecule has 0 aliphatic carbocycles. The molecule has 1 heterocycles. The van der Waals surface area contributed by atoms with Crippen molar-refractivity contribution in [3.05, 3.63) is 24.0 Å². The van der Waals surface area contributed by atoms with Crippen LogP contribution in [0.25, 0.3) is 0 Å². The van der Waals surface area contributed by atoms with Crippen molar-refractivity contribution in [2.24, 2.45) is 5.92 Å². The third-order valence-electron chi connectivity index (χ3n) is 3.24. The van der Waals surface area contributed by atoms with Crippen LogP contribution in [0.3, 0.4) is 0 Å². The van der Waals surface area contributed by atoms with Crippen LogP contribution >= 0.6 is 0 Å². The molecule has 0 saturated carbocycles. The van der Waals surface area contributed by atoms with Gasteiger partial charge in [0.1, 0.15) is 5.75 Å². The number of hydrogen-bond acceptors (Lipinski definition) is 4. The Balaban J connectivity index is 2.48. The largest absolute Gasteiger partial charge is 0.493 e. The summed E-state index contributed by atoms with van der Waals surface area (Å²) in [5.74, 6) is 1.54. The van der Waals surface area contributed by atoms with Crippen molar-refractivity contribution in [3.8, 4) is 5.75 Å². The Bertz CT molecular complexity index is 392. The maximum atomic E-state index is 5.87. The van der Waals surface area contributed by atoms with Crippen molar-refractivity contribution in [1.82, 2.24) is 10.3 Å². The first-order valence-electron chi connectivity index (χ1n) is 7.26. The molecule has 0 spiro atoms. The Morgan fingerprint density at radius 3 is 2.75 bits per heavy atom. The van der Waals surface area contributed by atoms with Gasteiger partial charge in [-0.1, -0.05) is 13.8 Å². The van der Waals surface area contributed by atoms with Gasteiger partial charge in [-0.3, -0.25) is 4.98 Å². The molecule has 114 valence electrons. The molecule has 1 aromatic heterocycles. The van der Waals surface area contributed by atoms with E-state index in [9.17, 15) is 0 Å². The highest BCUT2D eigenvalue weighted by molar-refractivity contribution is 5.29. The van der Waals surface area contributed by atoms with Crippen LogP contribution in [0, 0.1) is 5.92 Å². The average Bonchev–Trinajstić information content (AvgIpc) is 2.40. The van der Waals surface area contributed by atoms with E-state index in [1.54, 1.807) is 13.3 Å². The maximum Gasteiger partial charge on any atom is 0.126 e. The SMILES string of the molecule is COC(C)(C)CCOc1ccncc1CNCC(C)C. The summed E-state index contributed by atoms with van der Waals surface area (Å²) in [6.45, 7) is 10.9. The molecule has 0 saturated heterocycles. The molecule has 1 aromatic rings. The number of ether oxygens (including phenoxy) is 2. The Kier molecular flexibility index (Phi) is 6.96. The summed E-state index contributed by atoms with van der Waals surface area (Å²) in [6, 6.07) is 1.92. The lowest BCUT2D eigenvalue weighted by atomic mass is 10.1. The maximum absolute atomic E-state index is 5.87. The van der Waals surface area contributed by atoms with Crippen LogP contribution in [-0.2, 0) is 11.3 Å². The zero-order valence-corrected chi connectivity index (χ0v) is 13.4. The summed E-state index contributed by atoms with van der Waals surface area (Å²) in [5.41, 5.74) is 0.951. The topological polar surface area (TPSA) is 43.4 Å². The van der Waals surface area contributed by atoms with E-state index in [1.165, 1.54) is 0 Å². The zero-order chi connectivity index (χ0) is 15.0. The molecule has 20 heavy (non-hydrogen) atoms. The summed E-state index contributed by atoms with van der Waals surface area (Å²) in [5, 5.41) is 3.41. The number of nitrogens with one attached hydrogen (secondary N) is 1. The van der Waals surface area contributed by atoms with Crippen LogP contribution in [0.15, 0.2) is 18.5 Å². The number of nitrogens with zero attached hydrogens (tertiary/aromatic N) is 1. The van der Waals surface area contributed by atoms with Crippen molar-refractivity contribution in [1.29, 1.82) is 0 Å². The van der Waals surface area contributed by atoms with Gasteiger partial charge in [-0.15, -0.1) is 0 Å². The number of pyridine rings is 1. The number of hydrogen-bond donors (Lipinski definition) is 1. The third kappa shape index (κ3) is 6.35. The van der Waals surface area contributed by atoms with E-state index in [2.05, 4.69) is 38.0 Å². The molecule has 4 heteroatoms. The van der Waals surface area contributed by atoms with Gasteiger partial charge < -0.3 is 14.8 Å². The van der Waals surface area contributed by atoms with Crippen LogP contribution in [0.5, 0.6) is 5.75 Å². The molecule has 0 aliphatic heterocycles. The molecular weight excluding hydrogens is 252 g/mol. The molecule has 0 unspecified atom stereocenters. The van der Waals surface area contributed by atoms with E-state index in [4.69, 9.17) is 9.47 Å². The van der Waals surface area contributed by atoms with Crippen LogP contribution in [0.1, 0.15) is 39.7 Å². The van der Waals surface area contributed by atoms with E-state index in [0.29, 0.717) is 12.5 Å². The lowest BCUT2D eigenvalue weighted by molar-refractivity contribution is 0.00536. The van der Waals surface area contributed by atoms with Crippen molar-refractivity contribution in [2.75, 3.05) is 20.3 Å². The molecular formula is C16H28N2O2. The molecule has 1 rings (SSSR count). The summed E-state index contributed by atoms with van der Waals surface area (Å²) in [6.07, 6.45) is 4.48. The van der Waals surface area contributed by atoms with Gasteiger partial charge >= 0.3 is 0 Å². The second-order valence-corrected chi connectivity index (χ2v) is 6.07. The van der Waals surface area contributed by atoms with Crippen LogP contribution in [0.2, 0.25) is 0 Å². The lowest BCUT2D eigenvalue weighted by Crippen LogP contribution is -2.25. The Hall–Kier alpha value is -1.13. The molecule has 1 N–H and O–H groups in total. The predicted octanol–water partition coefficient (Wildman–Crippen LogP) is 3.02. The minimum absolute atomic E-state index is 0.150. The highest BCUT2D eigenvalue weighted by Gasteiger charge is 2.16. The van der Waals surface area contributed by atoms with Gasteiger partial charge in [0.2, 0.25) is 0 Å². The van der Waals surface area contributed by atoms with Crippen molar-refractivity contribution < 1.29 is 9.47 Å². The molecule has 0 aliphatic rings. The smallest absolute Gasteiger partial charge is 0.126 e. The molecule has 4 nitrogen and oxygen atoms in total. The summed E-state index contributed by atoms with van der Waals surface area (Å²) in [4.78, 5) is 4.17. The Labute approximate surface area is 122 Å². The molecule has 0 atom stereocenters. The van der Waals surface area contributed by atoms with Crippen molar-refractivity contribution in [3.63, 3.8) is 0 Å². The summed E-state index contributed by atoms with van der Waals surface area (Å²) < 4.78 is 11.3. The first-order valence-corrected chi connectivity index (χ1v) is 7.26. The van der Waals surface area contributed by atoms with E-state index in [0.717, 1.165) is 30.8 Å². The summed E-state index contributed by atoms with van der Waals surface area (Å²) in [7, 11) is 1.73. The average molecular weight is 280 g/mol. The van der Waals surface area contributed by atoms with Gasteiger partial charge in [-0.2, -0.15) is 0 Å². The minimum atomic E-state index is -0.150. The number of rotatable bonds is 9. The van der Waals surface area contributed by atoms with Crippen LogP contribution in [-0.4, -0.2) is 30.8 Å². The number of aromatic nitrogens is 1. The highest BCUT2D eigenvalue weighted by Crippen LogP contribution is 2.19. The predicted molar refractivity (Wildman–Crippen MR) is 82.0 cm³/mol. The summed E-state index contributed by atoms with van der Waals surface area (Å²) >= 11 is 0. The monoisotopic (exact) mass is 280 g/mol. The molecule has 0 bridgehead atoms. The first kappa shape index (κ1) is 16.9. The zero-order valence-electron chi connectivity index (χ0n) is 13.4. The first-order chi connectivity index (χ1) is 9.44. The Morgan fingerprint density at radius 2 is 2.10 bits per heavy atom. The lowest BCUT2D eigenvalue weighted by Gasteiger charge is -2.23. The van der Waals surface area contributed by atoms with E-state index < -0.39 is 0 Å². The van der Waals surface area contributed by atoms with Crippen LogP contribution in [0.4, 0.5) is 0 Å². The van der Waals surface area contributed by atoms with Crippen molar-refractivity contribution in [2.45, 2.75) is 46.3 Å². The Morgan fingerprint density at radius 1 is 1.35 bits per heavy atom. The second kappa shape index (κ2) is 8.22. The molecule has 0 radical (unpaired) electrons. The molecule has 0 amide bonds. The van der Waals surface area contributed by atoms with Gasteiger partial charge in [0.05, 0.1) is 12.2 Å². The van der Waals surface area contributed by atoms with Gasteiger partial charge in [0, 0.05) is 38.0 Å². The second-order valence-electron chi connectivity index (χ2n) is 6.07. The normalized spacial score (nSPS) is 11.9. The van der Waals surface area contributed by atoms with E-state index in [-0.39, 0.29) is 5.60 Å². The number of methoxy groups -OCH3 is 1. The van der Waals surface area contributed by atoms with Gasteiger partial charge in [0.15, 0.2) is 0 Å². The third-order valence-corrected chi connectivity index (χ3v) is 3.24. The minimum Gasteiger partial charge on any atom is -0.493 e. The van der Waals surface area contributed by atoms with E-state index in [1.807, 2.05) is 12.3 Å². The molecule has 0 aromatic carbocycles. The van der Waals surface area contributed by atoms with E-state index >= 15 is 0 Å². The van der Waals surface area contributed by atoms with Crippen molar-refractivity contribution >= 4 is 0 Å². The fraction of sp³-hybridized carbons (Fsp3) is 0.688.